The molecule has 2 aromatic rings. The van der Waals surface area contributed by atoms with Crippen molar-refractivity contribution < 1.29 is 14.3 Å². The maximum atomic E-state index is 11.9. The van der Waals surface area contributed by atoms with Gasteiger partial charge < -0.3 is 9.47 Å². The van der Waals surface area contributed by atoms with Crippen molar-refractivity contribution in [2.24, 2.45) is 5.10 Å². The first-order valence-corrected chi connectivity index (χ1v) is 7.21. The number of methoxy groups -OCH3 is 1. The van der Waals surface area contributed by atoms with Crippen molar-refractivity contribution in [3.8, 4) is 11.5 Å². The Morgan fingerprint density at radius 2 is 2.13 bits per heavy atom. The van der Waals surface area contributed by atoms with E-state index >= 15 is 0 Å². The number of nitrogens with one attached hydrogen (secondary N) is 1. The van der Waals surface area contributed by atoms with E-state index in [4.69, 9.17) is 9.47 Å². The molecule has 0 unspecified atom stereocenters. The molecule has 0 saturated carbocycles. The number of rotatable bonds is 6. The van der Waals surface area contributed by atoms with E-state index in [1.807, 2.05) is 19.9 Å². The third-order valence-corrected chi connectivity index (χ3v) is 3.04. The second-order valence-electron chi connectivity index (χ2n) is 4.73. The second-order valence-corrected chi connectivity index (χ2v) is 4.73. The number of carbonyl (C=O) groups excluding carboxylic acids is 1. The second kappa shape index (κ2) is 7.93. The predicted molar refractivity (Wildman–Crippen MR) is 88.2 cm³/mol. The average molecular weight is 313 g/mol. The first-order chi connectivity index (χ1) is 11.1. The van der Waals surface area contributed by atoms with Gasteiger partial charge in [0.15, 0.2) is 11.5 Å². The van der Waals surface area contributed by atoms with E-state index in [1.54, 1.807) is 31.4 Å². The van der Waals surface area contributed by atoms with Gasteiger partial charge in [-0.2, -0.15) is 5.10 Å². The molecule has 0 fully saturated rings. The van der Waals surface area contributed by atoms with E-state index in [2.05, 4.69) is 15.5 Å². The lowest BCUT2D eigenvalue weighted by Gasteiger charge is -2.09. The summed E-state index contributed by atoms with van der Waals surface area (Å²) in [5.74, 6) is 0.971. The summed E-state index contributed by atoms with van der Waals surface area (Å²) < 4.78 is 10.7. The van der Waals surface area contributed by atoms with Crippen LogP contribution in [0.2, 0.25) is 0 Å². The summed E-state index contributed by atoms with van der Waals surface area (Å²) in [6.45, 7) is 4.33. The molecule has 2 rings (SSSR count). The number of hydrazone groups is 1. The van der Waals surface area contributed by atoms with Crippen LogP contribution in [0.5, 0.6) is 11.5 Å². The van der Waals surface area contributed by atoms with E-state index in [0.29, 0.717) is 23.7 Å². The van der Waals surface area contributed by atoms with Crippen molar-refractivity contribution in [3.63, 3.8) is 0 Å². The number of hydrogen-bond acceptors (Lipinski definition) is 5. The van der Waals surface area contributed by atoms with Crippen LogP contribution >= 0.6 is 0 Å². The van der Waals surface area contributed by atoms with E-state index in [9.17, 15) is 4.79 Å². The molecule has 0 saturated heterocycles. The Balaban J connectivity index is 2.02. The third-order valence-electron chi connectivity index (χ3n) is 3.04. The first kappa shape index (κ1) is 16.5. The maximum Gasteiger partial charge on any atom is 0.272 e. The van der Waals surface area contributed by atoms with Gasteiger partial charge >= 0.3 is 0 Å². The van der Waals surface area contributed by atoms with Crippen molar-refractivity contribution in [2.45, 2.75) is 13.8 Å². The van der Waals surface area contributed by atoms with Crippen LogP contribution in [0.4, 0.5) is 0 Å². The summed E-state index contributed by atoms with van der Waals surface area (Å²) in [7, 11) is 1.57. The van der Waals surface area contributed by atoms with Gasteiger partial charge in [0, 0.05) is 11.9 Å². The van der Waals surface area contributed by atoms with Crippen molar-refractivity contribution >= 4 is 12.1 Å². The number of pyridine rings is 1. The minimum atomic E-state index is -0.313. The number of nitrogens with zero attached hydrogens (tertiary/aromatic N) is 2. The normalized spacial score (nSPS) is 10.6. The molecule has 0 radical (unpaired) electrons. The molecule has 1 aromatic heterocycles. The van der Waals surface area contributed by atoms with E-state index in [-0.39, 0.29) is 5.91 Å². The number of amides is 1. The Bertz CT molecular complexity index is 697. The highest BCUT2D eigenvalue weighted by atomic mass is 16.5. The van der Waals surface area contributed by atoms with Gasteiger partial charge in [0.05, 0.1) is 25.5 Å². The monoisotopic (exact) mass is 313 g/mol. The fourth-order valence-electron chi connectivity index (χ4n) is 1.87. The SMILES string of the molecule is CCOc1ccc(C=NNC(=O)c2ccc(C)nc2)cc1OC. The lowest BCUT2D eigenvalue weighted by atomic mass is 10.2. The zero-order valence-corrected chi connectivity index (χ0v) is 13.4. The van der Waals surface area contributed by atoms with Crippen LogP contribution in [0.25, 0.3) is 0 Å². The molecule has 1 N–H and O–H groups in total. The minimum absolute atomic E-state index is 0.313. The molecule has 0 bridgehead atoms. The number of hydrogen-bond donors (Lipinski definition) is 1. The molecule has 0 aliphatic heterocycles. The maximum absolute atomic E-state index is 11.9. The first-order valence-electron chi connectivity index (χ1n) is 7.21. The van der Waals surface area contributed by atoms with Gasteiger partial charge in [-0.3, -0.25) is 9.78 Å². The Kier molecular flexibility index (Phi) is 5.68. The van der Waals surface area contributed by atoms with Crippen LogP contribution in [0.3, 0.4) is 0 Å². The number of benzene rings is 1. The van der Waals surface area contributed by atoms with Gasteiger partial charge in [-0.1, -0.05) is 0 Å². The van der Waals surface area contributed by atoms with Crippen LogP contribution < -0.4 is 14.9 Å². The fourth-order valence-corrected chi connectivity index (χ4v) is 1.87. The summed E-state index contributed by atoms with van der Waals surface area (Å²) in [6, 6.07) is 8.89. The summed E-state index contributed by atoms with van der Waals surface area (Å²) in [5.41, 5.74) is 4.56. The smallest absolute Gasteiger partial charge is 0.272 e. The molecule has 23 heavy (non-hydrogen) atoms. The number of aryl methyl sites for hydroxylation is 1. The third kappa shape index (κ3) is 4.54. The van der Waals surface area contributed by atoms with Crippen molar-refractivity contribution in [2.75, 3.05) is 13.7 Å². The van der Waals surface area contributed by atoms with Gasteiger partial charge in [0.25, 0.3) is 5.91 Å². The van der Waals surface area contributed by atoms with Gasteiger partial charge in [0.1, 0.15) is 0 Å². The highest BCUT2D eigenvalue weighted by Crippen LogP contribution is 2.27. The molecule has 1 heterocycles. The van der Waals surface area contributed by atoms with Gasteiger partial charge in [-0.25, -0.2) is 5.43 Å². The Morgan fingerprint density at radius 3 is 2.78 bits per heavy atom. The van der Waals surface area contributed by atoms with Gasteiger partial charge in [-0.15, -0.1) is 0 Å². The van der Waals surface area contributed by atoms with Gasteiger partial charge in [0.2, 0.25) is 0 Å². The predicted octanol–water partition coefficient (Wildman–Crippen LogP) is 2.56. The lowest BCUT2D eigenvalue weighted by molar-refractivity contribution is 0.0955. The van der Waals surface area contributed by atoms with E-state index in [0.717, 1.165) is 11.3 Å². The summed E-state index contributed by atoms with van der Waals surface area (Å²) in [6.07, 6.45) is 3.05. The molecule has 0 aliphatic carbocycles. The highest BCUT2D eigenvalue weighted by Gasteiger charge is 2.05. The number of carbonyl (C=O) groups is 1. The largest absolute Gasteiger partial charge is 0.493 e. The topological polar surface area (TPSA) is 72.8 Å². The van der Waals surface area contributed by atoms with E-state index in [1.165, 1.54) is 12.4 Å². The molecular formula is C17H19N3O3. The van der Waals surface area contributed by atoms with Crippen LogP contribution in [-0.2, 0) is 0 Å². The van der Waals surface area contributed by atoms with Crippen molar-refractivity contribution in [3.05, 3.63) is 53.3 Å². The Morgan fingerprint density at radius 1 is 1.30 bits per heavy atom. The van der Waals surface area contributed by atoms with Crippen LogP contribution in [-0.4, -0.2) is 30.8 Å². The number of aromatic nitrogens is 1. The molecule has 120 valence electrons. The summed E-state index contributed by atoms with van der Waals surface area (Å²) in [5, 5.41) is 3.94. The molecule has 6 heteroatoms. The molecular weight excluding hydrogens is 294 g/mol. The van der Waals surface area contributed by atoms with Crippen LogP contribution in [0, 0.1) is 6.92 Å². The highest BCUT2D eigenvalue weighted by molar-refractivity contribution is 5.94. The van der Waals surface area contributed by atoms with Crippen molar-refractivity contribution in [1.29, 1.82) is 0 Å². The molecule has 0 aliphatic rings. The van der Waals surface area contributed by atoms with Gasteiger partial charge in [-0.05, 0) is 49.7 Å². The Hall–Kier alpha value is -2.89. The minimum Gasteiger partial charge on any atom is -0.493 e. The standard InChI is InChI=1S/C17H19N3O3/c1-4-23-15-8-6-13(9-16(15)22-3)10-19-20-17(21)14-7-5-12(2)18-11-14/h5-11H,4H2,1-3H3,(H,20,21). The van der Waals surface area contributed by atoms with E-state index < -0.39 is 0 Å². The molecule has 1 aromatic carbocycles. The van der Waals surface area contributed by atoms with Crippen molar-refractivity contribution in [1.82, 2.24) is 10.4 Å². The molecule has 0 spiro atoms. The molecule has 0 atom stereocenters. The summed E-state index contributed by atoms with van der Waals surface area (Å²) >= 11 is 0. The number of ether oxygens (including phenoxy) is 2. The molecule has 1 amide bonds. The molecule has 6 nitrogen and oxygen atoms in total. The lowest BCUT2D eigenvalue weighted by Crippen LogP contribution is -2.17. The zero-order valence-electron chi connectivity index (χ0n) is 13.4. The zero-order chi connectivity index (χ0) is 16.7. The van der Waals surface area contributed by atoms with Crippen LogP contribution in [0.15, 0.2) is 41.6 Å². The average Bonchev–Trinajstić information content (AvgIpc) is 2.56. The fraction of sp³-hybridized carbons (Fsp3) is 0.235. The van der Waals surface area contributed by atoms with Crippen LogP contribution in [0.1, 0.15) is 28.5 Å². The summed E-state index contributed by atoms with van der Waals surface area (Å²) in [4.78, 5) is 16.0. The quantitative estimate of drug-likeness (QED) is 0.657. The Labute approximate surface area is 135 Å².